The van der Waals surface area contributed by atoms with Crippen LogP contribution in [0.5, 0.6) is 5.75 Å². The number of nitrogens with zero attached hydrogens (tertiary/aromatic N) is 1. The Morgan fingerprint density at radius 1 is 1.09 bits per heavy atom. The molecule has 0 bridgehead atoms. The lowest BCUT2D eigenvalue weighted by molar-refractivity contribution is -0.130. The summed E-state index contributed by atoms with van der Waals surface area (Å²) in [6.07, 6.45) is 4.47. The Morgan fingerprint density at radius 2 is 1.73 bits per heavy atom. The molecule has 1 aliphatic rings. The Balaban J connectivity index is 1.82. The van der Waals surface area contributed by atoms with Gasteiger partial charge in [0.05, 0.1) is 13.2 Å². The fraction of sp³-hybridized carbons (Fsp3) is 0.529. The van der Waals surface area contributed by atoms with Gasteiger partial charge >= 0.3 is 0 Å². The minimum atomic E-state index is -0.230. The largest absolute Gasteiger partial charge is 0.494 e. The van der Waals surface area contributed by atoms with Crippen molar-refractivity contribution >= 4 is 11.8 Å². The molecule has 1 fully saturated rings. The fourth-order valence-corrected chi connectivity index (χ4v) is 2.56. The van der Waals surface area contributed by atoms with E-state index in [4.69, 9.17) is 4.74 Å². The van der Waals surface area contributed by atoms with E-state index in [1.54, 1.807) is 24.3 Å². The summed E-state index contributed by atoms with van der Waals surface area (Å²) >= 11 is 0. The van der Waals surface area contributed by atoms with Crippen LogP contribution in [0.15, 0.2) is 24.3 Å². The first-order valence-electron chi connectivity index (χ1n) is 7.99. The molecule has 2 rings (SSSR count). The van der Waals surface area contributed by atoms with Crippen molar-refractivity contribution in [3.63, 3.8) is 0 Å². The molecule has 5 heteroatoms. The van der Waals surface area contributed by atoms with Crippen molar-refractivity contribution in [2.24, 2.45) is 0 Å². The molecule has 0 spiro atoms. The molecule has 1 aromatic rings. The summed E-state index contributed by atoms with van der Waals surface area (Å²) in [4.78, 5) is 26.0. The van der Waals surface area contributed by atoms with Crippen molar-refractivity contribution in [1.29, 1.82) is 0 Å². The normalized spacial score (nSPS) is 15.0. The molecule has 1 heterocycles. The Bertz CT molecular complexity index is 491. The summed E-state index contributed by atoms with van der Waals surface area (Å²) in [6.45, 7) is 4.17. The van der Waals surface area contributed by atoms with Crippen molar-refractivity contribution in [3.8, 4) is 5.75 Å². The molecule has 1 N–H and O–H groups in total. The molecule has 0 aliphatic carbocycles. The van der Waals surface area contributed by atoms with Crippen LogP contribution in [0, 0.1) is 0 Å². The van der Waals surface area contributed by atoms with Gasteiger partial charge in [0.1, 0.15) is 5.75 Å². The molecule has 0 unspecified atom stereocenters. The van der Waals surface area contributed by atoms with Gasteiger partial charge in [-0.25, -0.2) is 0 Å². The summed E-state index contributed by atoms with van der Waals surface area (Å²) in [5, 5.41) is 2.70. The molecule has 0 atom stereocenters. The van der Waals surface area contributed by atoms with E-state index in [-0.39, 0.29) is 18.4 Å². The Morgan fingerprint density at radius 3 is 2.32 bits per heavy atom. The molecule has 2 amide bonds. The van der Waals surface area contributed by atoms with Gasteiger partial charge in [-0.1, -0.05) is 12.8 Å². The predicted octanol–water partition coefficient (Wildman–Crippen LogP) is 2.22. The van der Waals surface area contributed by atoms with Gasteiger partial charge in [-0.3, -0.25) is 9.59 Å². The second kappa shape index (κ2) is 8.41. The number of hydrogen-bond acceptors (Lipinski definition) is 3. The monoisotopic (exact) mass is 304 g/mol. The van der Waals surface area contributed by atoms with Crippen LogP contribution >= 0.6 is 0 Å². The SMILES string of the molecule is CCOc1ccc(C(=O)NCC(=O)N2CCCCCC2)cc1. The number of benzene rings is 1. The van der Waals surface area contributed by atoms with Crippen LogP contribution in [0.1, 0.15) is 43.0 Å². The lowest BCUT2D eigenvalue weighted by Crippen LogP contribution is -2.40. The number of carbonyl (C=O) groups is 2. The Hall–Kier alpha value is -2.04. The van der Waals surface area contributed by atoms with Gasteiger partial charge in [0.2, 0.25) is 5.91 Å². The van der Waals surface area contributed by atoms with E-state index >= 15 is 0 Å². The van der Waals surface area contributed by atoms with Crippen molar-refractivity contribution < 1.29 is 14.3 Å². The highest BCUT2D eigenvalue weighted by atomic mass is 16.5. The Labute approximate surface area is 131 Å². The smallest absolute Gasteiger partial charge is 0.251 e. The van der Waals surface area contributed by atoms with Crippen LogP contribution in [0.25, 0.3) is 0 Å². The van der Waals surface area contributed by atoms with Crippen molar-refractivity contribution in [3.05, 3.63) is 29.8 Å². The first-order valence-corrected chi connectivity index (χ1v) is 7.99. The number of ether oxygens (including phenoxy) is 1. The molecular weight excluding hydrogens is 280 g/mol. The van der Waals surface area contributed by atoms with E-state index in [1.807, 2.05) is 11.8 Å². The average Bonchev–Trinajstić information content (AvgIpc) is 2.82. The van der Waals surface area contributed by atoms with E-state index in [0.717, 1.165) is 31.7 Å². The highest BCUT2D eigenvalue weighted by Gasteiger charge is 2.16. The second-order valence-corrected chi connectivity index (χ2v) is 5.44. The maximum absolute atomic E-state index is 12.1. The lowest BCUT2D eigenvalue weighted by atomic mass is 10.2. The standard InChI is InChI=1S/C17H24N2O3/c1-2-22-15-9-7-14(8-10-15)17(21)18-13-16(20)19-11-5-3-4-6-12-19/h7-10H,2-6,11-13H2,1H3,(H,18,21). The maximum Gasteiger partial charge on any atom is 0.251 e. The van der Waals surface area contributed by atoms with E-state index in [9.17, 15) is 9.59 Å². The molecule has 1 aromatic carbocycles. The molecule has 1 saturated heterocycles. The molecule has 0 radical (unpaired) electrons. The maximum atomic E-state index is 12.1. The predicted molar refractivity (Wildman–Crippen MR) is 85.0 cm³/mol. The molecule has 0 saturated carbocycles. The summed E-state index contributed by atoms with van der Waals surface area (Å²) in [5.74, 6) is 0.507. The third-order valence-corrected chi connectivity index (χ3v) is 3.79. The van der Waals surface area contributed by atoms with Gasteiger partial charge < -0.3 is 15.0 Å². The van der Waals surface area contributed by atoms with Gasteiger partial charge in [-0.2, -0.15) is 0 Å². The van der Waals surface area contributed by atoms with Gasteiger partial charge in [0.15, 0.2) is 0 Å². The van der Waals surface area contributed by atoms with Crippen LogP contribution in [-0.4, -0.2) is 43.0 Å². The molecule has 0 aromatic heterocycles. The Kier molecular flexibility index (Phi) is 6.25. The second-order valence-electron chi connectivity index (χ2n) is 5.44. The van der Waals surface area contributed by atoms with Crippen LogP contribution in [0.3, 0.4) is 0 Å². The van der Waals surface area contributed by atoms with E-state index in [0.29, 0.717) is 12.2 Å². The minimum Gasteiger partial charge on any atom is -0.494 e. The molecular formula is C17H24N2O3. The highest BCUT2D eigenvalue weighted by Crippen LogP contribution is 2.12. The van der Waals surface area contributed by atoms with E-state index in [2.05, 4.69) is 5.32 Å². The topological polar surface area (TPSA) is 58.6 Å². The zero-order valence-electron chi connectivity index (χ0n) is 13.1. The molecule has 5 nitrogen and oxygen atoms in total. The zero-order chi connectivity index (χ0) is 15.8. The molecule has 1 aliphatic heterocycles. The third-order valence-electron chi connectivity index (χ3n) is 3.79. The highest BCUT2D eigenvalue weighted by molar-refractivity contribution is 5.96. The number of amides is 2. The van der Waals surface area contributed by atoms with Gasteiger partial charge in [-0.15, -0.1) is 0 Å². The fourth-order valence-electron chi connectivity index (χ4n) is 2.56. The van der Waals surface area contributed by atoms with Crippen molar-refractivity contribution in [2.75, 3.05) is 26.2 Å². The number of nitrogens with one attached hydrogen (secondary N) is 1. The van der Waals surface area contributed by atoms with Crippen LogP contribution in [0.2, 0.25) is 0 Å². The van der Waals surface area contributed by atoms with Gasteiger partial charge in [0, 0.05) is 18.7 Å². The van der Waals surface area contributed by atoms with E-state index < -0.39 is 0 Å². The van der Waals surface area contributed by atoms with Crippen molar-refractivity contribution in [1.82, 2.24) is 10.2 Å². The number of likely N-dealkylation sites (tertiary alicyclic amines) is 1. The van der Waals surface area contributed by atoms with Crippen molar-refractivity contribution in [2.45, 2.75) is 32.6 Å². The number of hydrogen-bond donors (Lipinski definition) is 1. The van der Waals surface area contributed by atoms with E-state index in [1.165, 1.54) is 12.8 Å². The van der Waals surface area contributed by atoms with Crippen LogP contribution in [0.4, 0.5) is 0 Å². The quantitative estimate of drug-likeness (QED) is 0.907. The first kappa shape index (κ1) is 16.3. The average molecular weight is 304 g/mol. The van der Waals surface area contributed by atoms with Crippen LogP contribution in [-0.2, 0) is 4.79 Å². The third kappa shape index (κ3) is 4.76. The lowest BCUT2D eigenvalue weighted by Gasteiger charge is -2.20. The van der Waals surface area contributed by atoms with Gasteiger partial charge in [-0.05, 0) is 44.0 Å². The zero-order valence-corrected chi connectivity index (χ0v) is 13.1. The van der Waals surface area contributed by atoms with Gasteiger partial charge in [0.25, 0.3) is 5.91 Å². The number of carbonyl (C=O) groups excluding carboxylic acids is 2. The first-order chi connectivity index (χ1) is 10.7. The minimum absolute atomic E-state index is 0.00110. The molecule has 22 heavy (non-hydrogen) atoms. The summed E-state index contributed by atoms with van der Waals surface area (Å²) in [7, 11) is 0. The summed E-state index contributed by atoms with van der Waals surface area (Å²) in [5.41, 5.74) is 0.534. The summed E-state index contributed by atoms with van der Waals surface area (Å²) < 4.78 is 5.34. The molecule has 120 valence electrons. The number of rotatable bonds is 5. The van der Waals surface area contributed by atoms with Crippen LogP contribution < -0.4 is 10.1 Å². The summed E-state index contributed by atoms with van der Waals surface area (Å²) in [6, 6.07) is 6.93.